The van der Waals surface area contributed by atoms with Crippen LogP contribution in [0.15, 0.2) is 34.9 Å². The van der Waals surface area contributed by atoms with Gasteiger partial charge in [0.25, 0.3) is 0 Å². The summed E-state index contributed by atoms with van der Waals surface area (Å²) in [7, 11) is 0. The van der Waals surface area contributed by atoms with E-state index < -0.39 is 0 Å². The second-order valence-corrected chi connectivity index (χ2v) is 4.36. The number of hydrogen-bond donors (Lipinski definition) is 1. The smallest absolute Gasteiger partial charge is 0.134 e. The van der Waals surface area contributed by atoms with E-state index >= 15 is 0 Å². The Morgan fingerprint density at radius 2 is 2.33 bits per heavy atom. The number of furan rings is 1. The zero-order valence-corrected chi connectivity index (χ0v) is 8.70. The number of benzene rings is 1. The molecule has 1 aromatic carbocycles. The first-order chi connectivity index (χ1) is 7.42. The first kappa shape index (κ1) is 8.98. The zero-order chi connectivity index (χ0) is 10.1. The van der Waals surface area contributed by atoms with Crippen LogP contribution in [-0.4, -0.2) is 13.1 Å². The van der Waals surface area contributed by atoms with Gasteiger partial charge in [-0.3, -0.25) is 0 Å². The second kappa shape index (κ2) is 3.70. The molecule has 0 bridgehead atoms. The molecule has 1 N–H and O–H groups in total. The molecule has 2 heteroatoms. The minimum absolute atomic E-state index is 0.803. The normalized spacial score (nSPS) is 21.2. The molecule has 1 atom stereocenters. The van der Waals surface area contributed by atoms with Gasteiger partial charge in [0.2, 0.25) is 0 Å². The van der Waals surface area contributed by atoms with Gasteiger partial charge in [-0.05, 0) is 49.5 Å². The van der Waals surface area contributed by atoms with Crippen molar-refractivity contribution in [3.63, 3.8) is 0 Å². The first-order valence-corrected chi connectivity index (χ1v) is 5.59. The molecule has 0 amide bonds. The minimum atomic E-state index is 0.803. The Morgan fingerprint density at radius 3 is 3.20 bits per heavy atom. The predicted molar refractivity (Wildman–Crippen MR) is 60.9 cm³/mol. The highest BCUT2D eigenvalue weighted by molar-refractivity contribution is 5.77. The molecular weight excluding hydrogens is 186 g/mol. The van der Waals surface area contributed by atoms with Crippen molar-refractivity contribution in [3.05, 3.63) is 36.1 Å². The Hall–Kier alpha value is -1.28. The standard InChI is InChI=1S/C13H15NO/c1-2-12-4-6-15-13(12)8-10(1)7-11-3-5-14-9-11/h1-2,4,6,8,11,14H,3,5,7,9H2. The van der Waals surface area contributed by atoms with Crippen LogP contribution in [-0.2, 0) is 6.42 Å². The van der Waals surface area contributed by atoms with Gasteiger partial charge in [0.15, 0.2) is 0 Å². The molecule has 2 heterocycles. The van der Waals surface area contributed by atoms with Crippen LogP contribution in [0.25, 0.3) is 11.0 Å². The van der Waals surface area contributed by atoms with E-state index in [9.17, 15) is 0 Å². The molecule has 2 aromatic rings. The molecule has 1 fully saturated rings. The van der Waals surface area contributed by atoms with E-state index in [4.69, 9.17) is 4.42 Å². The van der Waals surface area contributed by atoms with E-state index in [2.05, 4.69) is 23.5 Å². The van der Waals surface area contributed by atoms with E-state index in [1.165, 1.54) is 30.3 Å². The molecule has 15 heavy (non-hydrogen) atoms. The molecule has 78 valence electrons. The third-order valence-electron chi connectivity index (χ3n) is 3.21. The van der Waals surface area contributed by atoms with Crippen LogP contribution in [0.5, 0.6) is 0 Å². The summed E-state index contributed by atoms with van der Waals surface area (Å²) < 4.78 is 5.41. The fourth-order valence-corrected chi connectivity index (χ4v) is 2.35. The van der Waals surface area contributed by atoms with Gasteiger partial charge in [0.1, 0.15) is 5.58 Å². The maximum atomic E-state index is 5.41. The van der Waals surface area contributed by atoms with Crippen molar-refractivity contribution in [2.75, 3.05) is 13.1 Å². The van der Waals surface area contributed by atoms with E-state index in [1.54, 1.807) is 6.26 Å². The van der Waals surface area contributed by atoms with E-state index in [0.717, 1.165) is 18.0 Å². The van der Waals surface area contributed by atoms with Crippen LogP contribution in [0.2, 0.25) is 0 Å². The summed E-state index contributed by atoms with van der Waals surface area (Å²) in [6, 6.07) is 8.55. The number of fused-ring (bicyclic) bond motifs is 1. The predicted octanol–water partition coefficient (Wildman–Crippen LogP) is 2.58. The average Bonchev–Trinajstić information content (AvgIpc) is 2.87. The average molecular weight is 201 g/mol. The van der Waals surface area contributed by atoms with Gasteiger partial charge in [-0.25, -0.2) is 0 Å². The van der Waals surface area contributed by atoms with Crippen LogP contribution >= 0.6 is 0 Å². The van der Waals surface area contributed by atoms with Gasteiger partial charge in [-0.2, -0.15) is 0 Å². The molecule has 1 aromatic heterocycles. The lowest BCUT2D eigenvalue weighted by atomic mass is 9.98. The molecule has 0 saturated carbocycles. The molecule has 1 aliphatic rings. The second-order valence-electron chi connectivity index (χ2n) is 4.36. The van der Waals surface area contributed by atoms with Crippen molar-refractivity contribution in [2.45, 2.75) is 12.8 Å². The maximum Gasteiger partial charge on any atom is 0.134 e. The minimum Gasteiger partial charge on any atom is -0.464 e. The Bertz CT molecular complexity index is 454. The van der Waals surface area contributed by atoms with Crippen molar-refractivity contribution >= 4 is 11.0 Å². The van der Waals surface area contributed by atoms with Gasteiger partial charge in [-0.15, -0.1) is 0 Å². The lowest BCUT2D eigenvalue weighted by Gasteiger charge is -2.07. The van der Waals surface area contributed by atoms with Crippen LogP contribution < -0.4 is 5.32 Å². The third-order valence-corrected chi connectivity index (χ3v) is 3.21. The SMILES string of the molecule is c1cc2ccc(CC3CCNC3)cc2o1. The monoisotopic (exact) mass is 201 g/mol. The van der Waals surface area contributed by atoms with Crippen LogP contribution in [0.3, 0.4) is 0 Å². The number of rotatable bonds is 2. The van der Waals surface area contributed by atoms with E-state index in [-0.39, 0.29) is 0 Å². The van der Waals surface area contributed by atoms with Crippen molar-refractivity contribution < 1.29 is 4.42 Å². The highest BCUT2D eigenvalue weighted by Crippen LogP contribution is 2.20. The molecule has 0 spiro atoms. The molecule has 1 unspecified atom stereocenters. The topological polar surface area (TPSA) is 25.2 Å². The summed E-state index contributed by atoms with van der Waals surface area (Å²) in [5.74, 6) is 0.803. The van der Waals surface area contributed by atoms with Gasteiger partial charge in [0, 0.05) is 5.39 Å². The molecular formula is C13H15NO. The number of hydrogen-bond acceptors (Lipinski definition) is 2. The summed E-state index contributed by atoms with van der Waals surface area (Å²) >= 11 is 0. The Labute approximate surface area is 89.3 Å². The summed E-state index contributed by atoms with van der Waals surface area (Å²) in [4.78, 5) is 0. The summed E-state index contributed by atoms with van der Waals surface area (Å²) in [6.45, 7) is 2.34. The molecule has 0 radical (unpaired) electrons. The lowest BCUT2D eigenvalue weighted by Crippen LogP contribution is -2.10. The van der Waals surface area contributed by atoms with Crippen molar-refractivity contribution in [1.82, 2.24) is 5.32 Å². The Kier molecular flexibility index (Phi) is 2.22. The van der Waals surface area contributed by atoms with Gasteiger partial charge >= 0.3 is 0 Å². The Morgan fingerprint density at radius 1 is 1.33 bits per heavy atom. The fraction of sp³-hybridized carbons (Fsp3) is 0.385. The third kappa shape index (κ3) is 1.77. The quantitative estimate of drug-likeness (QED) is 0.808. The molecule has 2 nitrogen and oxygen atoms in total. The first-order valence-electron chi connectivity index (χ1n) is 5.59. The zero-order valence-electron chi connectivity index (χ0n) is 8.70. The van der Waals surface area contributed by atoms with Crippen molar-refractivity contribution in [1.29, 1.82) is 0 Å². The van der Waals surface area contributed by atoms with Crippen molar-refractivity contribution in [3.8, 4) is 0 Å². The number of nitrogens with one attached hydrogen (secondary N) is 1. The van der Waals surface area contributed by atoms with Crippen LogP contribution in [0, 0.1) is 5.92 Å². The van der Waals surface area contributed by atoms with Gasteiger partial charge in [0.05, 0.1) is 6.26 Å². The lowest BCUT2D eigenvalue weighted by molar-refractivity contribution is 0.578. The fourth-order valence-electron chi connectivity index (χ4n) is 2.35. The molecule has 1 aliphatic heterocycles. The largest absolute Gasteiger partial charge is 0.464 e. The van der Waals surface area contributed by atoms with Crippen LogP contribution in [0.1, 0.15) is 12.0 Å². The molecule has 1 saturated heterocycles. The summed E-state index contributed by atoms with van der Waals surface area (Å²) in [5, 5.41) is 4.60. The van der Waals surface area contributed by atoms with Gasteiger partial charge < -0.3 is 9.73 Å². The maximum absolute atomic E-state index is 5.41. The van der Waals surface area contributed by atoms with Crippen molar-refractivity contribution in [2.24, 2.45) is 5.92 Å². The highest BCUT2D eigenvalue weighted by Gasteiger charge is 2.14. The van der Waals surface area contributed by atoms with E-state index in [1.807, 2.05) is 6.07 Å². The summed E-state index contributed by atoms with van der Waals surface area (Å²) in [5.41, 5.74) is 2.41. The molecule has 3 rings (SSSR count). The van der Waals surface area contributed by atoms with Crippen LogP contribution in [0.4, 0.5) is 0 Å². The summed E-state index contributed by atoms with van der Waals surface area (Å²) in [6.07, 6.45) is 4.23. The van der Waals surface area contributed by atoms with E-state index in [0.29, 0.717) is 0 Å². The molecule has 0 aliphatic carbocycles. The highest BCUT2D eigenvalue weighted by atomic mass is 16.3. The Balaban J connectivity index is 1.84. The van der Waals surface area contributed by atoms with Gasteiger partial charge in [-0.1, -0.05) is 12.1 Å².